The van der Waals surface area contributed by atoms with Crippen LogP contribution in [0.5, 0.6) is 5.75 Å². The van der Waals surface area contributed by atoms with Gasteiger partial charge in [0.25, 0.3) is 0 Å². The lowest BCUT2D eigenvalue weighted by Crippen LogP contribution is -2.25. The first-order valence-electron chi connectivity index (χ1n) is 7.13. The molecule has 0 radical (unpaired) electrons. The van der Waals surface area contributed by atoms with Gasteiger partial charge in [-0.15, -0.1) is 0 Å². The first-order chi connectivity index (χ1) is 9.19. The number of ether oxygens (including phenoxy) is 1. The third-order valence-electron chi connectivity index (χ3n) is 2.89. The summed E-state index contributed by atoms with van der Waals surface area (Å²) in [5.74, 6) is 4.04. The predicted octanol–water partition coefficient (Wildman–Crippen LogP) is 4.13. The number of thioether (sulfide) groups is 1. The summed E-state index contributed by atoms with van der Waals surface area (Å²) < 4.78 is 5.48. The van der Waals surface area contributed by atoms with Crippen molar-refractivity contribution in [1.82, 2.24) is 5.32 Å². The molecule has 0 heterocycles. The van der Waals surface area contributed by atoms with Gasteiger partial charge in [0.15, 0.2) is 0 Å². The van der Waals surface area contributed by atoms with Crippen LogP contribution in [0.25, 0.3) is 0 Å². The van der Waals surface area contributed by atoms with Gasteiger partial charge < -0.3 is 10.1 Å². The van der Waals surface area contributed by atoms with Crippen LogP contribution in [0.3, 0.4) is 0 Å². The van der Waals surface area contributed by atoms with Gasteiger partial charge in [-0.1, -0.05) is 39.0 Å². The molecule has 108 valence electrons. The van der Waals surface area contributed by atoms with Gasteiger partial charge in [-0.2, -0.15) is 11.8 Å². The summed E-state index contributed by atoms with van der Waals surface area (Å²) in [6, 6.07) is 8.71. The molecule has 0 aliphatic rings. The molecule has 0 fully saturated rings. The largest absolute Gasteiger partial charge is 0.496 e. The molecule has 1 N–H and O–H groups in total. The van der Waals surface area contributed by atoms with Gasteiger partial charge in [0.05, 0.1) is 7.11 Å². The maximum atomic E-state index is 5.48. The van der Waals surface area contributed by atoms with Crippen molar-refractivity contribution < 1.29 is 4.74 Å². The lowest BCUT2D eigenvalue weighted by atomic mass is 10.1. The lowest BCUT2D eigenvalue weighted by molar-refractivity contribution is 0.402. The first-order valence-corrected chi connectivity index (χ1v) is 8.28. The fourth-order valence-electron chi connectivity index (χ4n) is 1.95. The van der Waals surface area contributed by atoms with Crippen molar-refractivity contribution in [3.05, 3.63) is 29.8 Å². The van der Waals surface area contributed by atoms with E-state index >= 15 is 0 Å². The van der Waals surface area contributed by atoms with Crippen LogP contribution in [-0.4, -0.2) is 25.2 Å². The molecule has 19 heavy (non-hydrogen) atoms. The first kappa shape index (κ1) is 16.4. The normalized spacial score (nSPS) is 12.7. The van der Waals surface area contributed by atoms with E-state index in [1.54, 1.807) is 7.11 Å². The predicted molar refractivity (Wildman–Crippen MR) is 86.2 cm³/mol. The van der Waals surface area contributed by atoms with Crippen molar-refractivity contribution in [1.29, 1.82) is 0 Å². The van der Waals surface area contributed by atoms with Gasteiger partial charge in [0, 0.05) is 17.4 Å². The third kappa shape index (κ3) is 5.87. The topological polar surface area (TPSA) is 21.3 Å². The molecule has 0 saturated heterocycles. The average Bonchev–Trinajstić information content (AvgIpc) is 2.42. The number of benzene rings is 1. The van der Waals surface area contributed by atoms with E-state index in [1.165, 1.54) is 11.3 Å². The zero-order valence-electron chi connectivity index (χ0n) is 12.6. The molecule has 0 bridgehead atoms. The molecule has 0 aliphatic heterocycles. The van der Waals surface area contributed by atoms with E-state index in [2.05, 4.69) is 38.2 Å². The van der Waals surface area contributed by atoms with E-state index in [1.807, 2.05) is 23.9 Å². The second-order valence-corrected chi connectivity index (χ2v) is 6.25. The summed E-state index contributed by atoms with van der Waals surface area (Å²) in [6.07, 6.45) is 1.15. The van der Waals surface area contributed by atoms with E-state index in [0.29, 0.717) is 6.04 Å². The Labute approximate surface area is 122 Å². The number of hydrogen-bond acceptors (Lipinski definition) is 3. The standard InChI is InChI=1S/C16H27NOS/c1-5-10-17-15(12-19-11-13(2)3)14-8-6-7-9-16(14)18-4/h6-9,13,15,17H,5,10-12H2,1-4H3. The Morgan fingerprint density at radius 3 is 2.58 bits per heavy atom. The average molecular weight is 281 g/mol. The Morgan fingerprint density at radius 2 is 1.95 bits per heavy atom. The van der Waals surface area contributed by atoms with E-state index < -0.39 is 0 Å². The minimum absolute atomic E-state index is 0.375. The molecule has 0 aliphatic carbocycles. The Morgan fingerprint density at radius 1 is 1.21 bits per heavy atom. The van der Waals surface area contributed by atoms with Crippen LogP contribution >= 0.6 is 11.8 Å². The van der Waals surface area contributed by atoms with Crippen LogP contribution in [0.4, 0.5) is 0 Å². The highest BCUT2D eigenvalue weighted by molar-refractivity contribution is 7.99. The quantitative estimate of drug-likeness (QED) is 0.735. The molecule has 1 aromatic carbocycles. The van der Waals surface area contributed by atoms with Gasteiger partial charge in [-0.05, 0) is 30.7 Å². The molecule has 0 amide bonds. The summed E-state index contributed by atoms with van der Waals surface area (Å²) in [7, 11) is 1.75. The number of hydrogen-bond donors (Lipinski definition) is 1. The second kappa shape index (κ2) is 9.27. The summed E-state index contributed by atoms with van der Waals surface area (Å²) in [5.41, 5.74) is 1.27. The van der Waals surface area contributed by atoms with E-state index in [4.69, 9.17) is 4.74 Å². The van der Waals surface area contributed by atoms with E-state index in [-0.39, 0.29) is 0 Å². The minimum Gasteiger partial charge on any atom is -0.496 e. The Bertz CT molecular complexity index is 354. The van der Waals surface area contributed by atoms with Crippen molar-refractivity contribution in [2.75, 3.05) is 25.2 Å². The van der Waals surface area contributed by atoms with Crippen molar-refractivity contribution >= 4 is 11.8 Å². The van der Waals surface area contributed by atoms with Crippen LogP contribution < -0.4 is 10.1 Å². The Balaban J connectivity index is 2.71. The second-order valence-electron chi connectivity index (χ2n) is 5.18. The molecule has 0 aromatic heterocycles. The van der Waals surface area contributed by atoms with Gasteiger partial charge in [-0.25, -0.2) is 0 Å². The van der Waals surface area contributed by atoms with Crippen LogP contribution in [0.1, 0.15) is 38.8 Å². The van der Waals surface area contributed by atoms with Crippen molar-refractivity contribution in [3.63, 3.8) is 0 Å². The smallest absolute Gasteiger partial charge is 0.123 e. The van der Waals surface area contributed by atoms with Crippen molar-refractivity contribution in [2.45, 2.75) is 33.2 Å². The van der Waals surface area contributed by atoms with Crippen LogP contribution in [-0.2, 0) is 0 Å². The third-order valence-corrected chi connectivity index (χ3v) is 4.36. The summed E-state index contributed by atoms with van der Waals surface area (Å²) in [5, 5.41) is 3.63. The van der Waals surface area contributed by atoms with Gasteiger partial charge in [0.1, 0.15) is 5.75 Å². The zero-order valence-corrected chi connectivity index (χ0v) is 13.4. The molecule has 3 heteroatoms. The molecular weight excluding hydrogens is 254 g/mol. The van der Waals surface area contributed by atoms with E-state index in [0.717, 1.165) is 30.4 Å². The molecule has 1 rings (SSSR count). The van der Waals surface area contributed by atoms with Crippen LogP contribution in [0, 0.1) is 5.92 Å². The molecule has 2 nitrogen and oxygen atoms in total. The number of methoxy groups -OCH3 is 1. The van der Waals surface area contributed by atoms with Crippen LogP contribution in [0.15, 0.2) is 24.3 Å². The van der Waals surface area contributed by atoms with Gasteiger partial charge in [0.2, 0.25) is 0 Å². The van der Waals surface area contributed by atoms with Gasteiger partial charge >= 0.3 is 0 Å². The highest BCUT2D eigenvalue weighted by Gasteiger charge is 2.15. The summed E-state index contributed by atoms with van der Waals surface area (Å²) >= 11 is 2.02. The van der Waals surface area contributed by atoms with E-state index in [9.17, 15) is 0 Å². The molecule has 1 atom stereocenters. The van der Waals surface area contributed by atoms with Crippen LogP contribution in [0.2, 0.25) is 0 Å². The molecule has 1 aromatic rings. The molecule has 0 saturated carbocycles. The molecule has 1 unspecified atom stereocenters. The highest BCUT2D eigenvalue weighted by atomic mass is 32.2. The summed E-state index contributed by atoms with van der Waals surface area (Å²) in [4.78, 5) is 0. The highest BCUT2D eigenvalue weighted by Crippen LogP contribution is 2.27. The SMILES string of the molecule is CCCNC(CSCC(C)C)c1ccccc1OC. The zero-order chi connectivity index (χ0) is 14.1. The van der Waals surface area contributed by atoms with Crippen molar-refractivity contribution in [2.24, 2.45) is 5.92 Å². The Hall–Kier alpha value is -0.670. The van der Waals surface area contributed by atoms with Crippen molar-refractivity contribution in [3.8, 4) is 5.75 Å². The number of nitrogens with one attached hydrogen (secondary N) is 1. The summed E-state index contributed by atoms with van der Waals surface area (Å²) in [6.45, 7) is 7.79. The monoisotopic (exact) mass is 281 g/mol. The number of para-hydroxylation sites is 1. The lowest BCUT2D eigenvalue weighted by Gasteiger charge is -2.21. The molecule has 0 spiro atoms. The number of rotatable bonds is 9. The minimum atomic E-state index is 0.375. The maximum Gasteiger partial charge on any atom is 0.123 e. The Kier molecular flexibility index (Phi) is 7.99. The fourth-order valence-corrected chi connectivity index (χ4v) is 3.09. The van der Waals surface area contributed by atoms with Gasteiger partial charge in [-0.3, -0.25) is 0 Å². The molecular formula is C16H27NOS. The maximum absolute atomic E-state index is 5.48. The fraction of sp³-hybridized carbons (Fsp3) is 0.625.